The van der Waals surface area contributed by atoms with Crippen molar-refractivity contribution < 1.29 is 4.79 Å². The van der Waals surface area contributed by atoms with Gasteiger partial charge in [-0.2, -0.15) is 10.2 Å². The molecule has 4 aromatic heterocycles. The maximum Gasteiger partial charge on any atom is 0.244 e. The lowest BCUT2D eigenvalue weighted by Gasteiger charge is -2.15. The van der Waals surface area contributed by atoms with Crippen LogP contribution in [0.3, 0.4) is 0 Å². The number of nitrogens with zero attached hydrogens (tertiary/aromatic N) is 9. The molecule has 2 saturated carbocycles. The number of carbonyl (C=O) groups excluding carboxylic acids is 1. The van der Waals surface area contributed by atoms with Crippen LogP contribution in [-0.2, 0) is 11.3 Å². The highest BCUT2D eigenvalue weighted by Crippen LogP contribution is 2.55. The number of fused-ring (bicyclic) bond motifs is 2. The monoisotopic (exact) mass is 649 g/mol. The zero-order chi connectivity index (χ0) is 30.9. The van der Waals surface area contributed by atoms with Gasteiger partial charge in [0.25, 0.3) is 0 Å². The van der Waals surface area contributed by atoms with Crippen LogP contribution in [0.25, 0.3) is 44.6 Å². The number of halogens is 2. The smallest absolute Gasteiger partial charge is 0.244 e. The van der Waals surface area contributed by atoms with Crippen LogP contribution in [0, 0.1) is 0 Å². The maximum atomic E-state index is 13.2. The van der Waals surface area contributed by atoms with E-state index in [1.54, 1.807) is 4.68 Å². The highest BCUT2D eigenvalue weighted by atomic mass is 35.5. The molecule has 3 fully saturated rings. The number of amides is 1. The summed E-state index contributed by atoms with van der Waals surface area (Å²) in [6.45, 7) is 1.63. The van der Waals surface area contributed by atoms with Crippen molar-refractivity contribution in [1.29, 1.82) is 0 Å². The van der Waals surface area contributed by atoms with Crippen molar-refractivity contribution in [3.05, 3.63) is 82.1 Å². The van der Waals surface area contributed by atoms with Gasteiger partial charge in [0.2, 0.25) is 5.91 Å². The van der Waals surface area contributed by atoms with E-state index in [-0.39, 0.29) is 24.4 Å². The number of hydrogen-bond donors (Lipinski definition) is 0. The number of likely N-dealkylation sites (tertiary alicyclic amines) is 1. The van der Waals surface area contributed by atoms with E-state index in [2.05, 4.69) is 15.3 Å². The third kappa shape index (κ3) is 4.57. The topological polar surface area (TPSA) is 108 Å². The van der Waals surface area contributed by atoms with Crippen molar-refractivity contribution in [2.75, 3.05) is 13.1 Å². The Labute approximate surface area is 274 Å². The predicted molar refractivity (Wildman–Crippen MR) is 176 cm³/mol. The molecular weight excluding hydrogens is 621 g/mol. The van der Waals surface area contributed by atoms with Crippen molar-refractivity contribution in [2.24, 2.45) is 0 Å². The molecule has 2 atom stereocenters. The van der Waals surface area contributed by atoms with E-state index in [0.29, 0.717) is 38.6 Å². The summed E-state index contributed by atoms with van der Waals surface area (Å²) in [6.07, 6.45) is 4.98. The third-order valence-electron chi connectivity index (χ3n) is 9.43. The SMILES string of the molecule is O=C(Cn1nc(C2CC2n2nc(C3CC3)c3c(Cl)c(-c4ccccc4)nnc32)c2c(Cl)c(-c3ccccc3)nnc21)N1CCCC1. The van der Waals surface area contributed by atoms with E-state index >= 15 is 0 Å². The van der Waals surface area contributed by atoms with Crippen LogP contribution in [0.2, 0.25) is 10.0 Å². The van der Waals surface area contributed by atoms with Gasteiger partial charge in [0, 0.05) is 36.1 Å². The Kier molecular flexibility index (Phi) is 6.57. The molecule has 2 aliphatic carbocycles. The summed E-state index contributed by atoms with van der Waals surface area (Å²) >= 11 is 14.2. The van der Waals surface area contributed by atoms with Crippen LogP contribution in [0.5, 0.6) is 0 Å². The van der Waals surface area contributed by atoms with Crippen molar-refractivity contribution in [2.45, 2.75) is 56.5 Å². The van der Waals surface area contributed by atoms with Crippen LogP contribution in [-0.4, -0.2) is 63.9 Å². The molecular formula is C34H29Cl2N9O. The second-order valence-corrected chi connectivity index (χ2v) is 13.3. The van der Waals surface area contributed by atoms with Gasteiger partial charge in [-0.15, -0.1) is 20.4 Å². The summed E-state index contributed by atoms with van der Waals surface area (Å²) in [5.41, 5.74) is 6.01. The minimum absolute atomic E-state index is 0.0134. The molecule has 230 valence electrons. The highest BCUT2D eigenvalue weighted by Gasteiger charge is 2.47. The molecule has 0 bridgehead atoms. The fourth-order valence-electron chi connectivity index (χ4n) is 6.80. The quantitative estimate of drug-likeness (QED) is 0.186. The third-order valence-corrected chi connectivity index (χ3v) is 10.2. The summed E-state index contributed by atoms with van der Waals surface area (Å²) in [4.78, 5) is 15.1. The lowest BCUT2D eigenvalue weighted by Crippen LogP contribution is -2.31. The van der Waals surface area contributed by atoms with E-state index < -0.39 is 0 Å². The summed E-state index contributed by atoms with van der Waals surface area (Å²) in [7, 11) is 0. The molecule has 6 aromatic rings. The number of aromatic nitrogens is 8. The molecule has 9 rings (SSSR count). The Hall–Kier alpha value is -4.41. The van der Waals surface area contributed by atoms with Crippen molar-refractivity contribution in [1.82, 2.24) is 44.9 Å². The Morgan fingerprint density at radius 1 is 0.739 bits per heavy atom. The van der Waals surface area contributed by atoms with Gasteiger partial charge >= 0.3 is 0 Å². The van der Waals surface area contributed by atoms with Crippen molar-refractivity contribution in [3.8, 4) is 22.5 Å². The molecule has 1 aliphatic heterocycles. The fourth-order valence-corrected chi connectivity index (χ4v) is 7.45. The second-order valence-electron chi connectivity index (χ2n) is 12.5. The van der Waals surface area contributed by atoms with Gasteiger partial charge in [0.15, 0.2) is 11.3 Å². The molecule has 3 aliphatic rings. The Morgan fingerprint density at radius 3 is 1.93 bits per heavy atom. The summed E-state index contributed by atoms with van der Waals surface area (Å²) in [5, 5.41) is 31.2. The highest BCUT2D eigenvalue weighted by molar-refractivity contribution is 6.38. The largest absolute Gasteiger partial charge is 0.341 e. The lowest BCUT2D eigenvalue weighted by molar-refractivity contribution is -0.130. The average molecular weight is 651 g/mol. The number of hydrogen-bond acceptors (Lipinski definition) is 7. The molecule has 5 heterocycles. The van der Waals surface area contributed by atoms with Gasteiger partial charge in [0.1, 0.15) is 17.9 Å². The molecule has 1 amide bonds. The van der Waals surface area contributed by atoms with Crippen LogP contribution >= 0.6 is 23.2 Å². The summed E-state index contributed by atoms with van der Waals surface area (Å²) in [6, 6.07) is 19.6. The Balaban J connectivity index is 1.14. The minimum Gasteiger partial charge on any atom is -0.341 e. The van der Waals surface area contributed by atoms with E-state index in [1.165, 1.54) is 0 Å². The zero-order valence-corrected chi connectivity index (χ0v) is 26.4. The molecule has 1 saturated heterocycles. The van der Waals surface area contributed by atoms with E-state index in [1.807, 2.05) is 70.2 Å². The van der Waals surface area contributed by atoms with Gasteiger partial charge in [-0.1, -0.05) is 83.9 Å². The Bertz CT molecular complexity index is 2140. The molecule has 10 nitrogen and oxygen atoms in total. The molecule has 46 heavy (non-hydrogen) atoms. The van der Waals surface area contributed by atoms with Crippen LogP contribution in [0.1, 0.15) is 61.4 Å². The van der Waals surface area contributed by atoms with Crippen LogP contribution < -0.4 is 0 Å². The van der Waals surface area contributed by atoms with Crippen LogP contribution in [0.15, 0.2) is 60.7 Å². The fraction of sp³-hybridized carbons (Fsp3) is 0.324. The molecule has 0 spiro atoms. The van der Waals surface area contributed by atoms with E-state index in [0.717, 1.165) is 78.5 Å². The Morgan fingerprint density at radius 2 is 1.33 bits per heavy atom. The first-order valence-electron chi connectivity index (χ1n) is 15.8. The molecule has 0 N–H and O–H groups in total. The standard InChI is InChI=1S/C34H29Cl2N9O/c35-27-25-29(21-13-14-21)42-45(34(25)40-38-30(27)19-9-3-1-4-10-19)23-17-22(23)32-26-28(36)31(20-11-5-2-6-12-20)37-39-33(26)44(41-32)18-24(46)43-15-7-8-16-43/h1-6,9-12,21-23H,7-8,13-18H2. The van der Waals surface area contributed by atoms with Crippen molar-refractivity contribution >= 4 is 51.2 Å². The summed E-state index contributed by atoms with van der Waals surface area (Å²) < 4.78 is 3.66. The normalized spacial score (nSPS) is 19.4. The first-order chi connectivity index (χ1) is 22.6. The first-order valence-corrected chi connectivity index (χ1v) is 16.6. The van der Waals surface area contributed by atoms with Crippen LogP contribution in [0.4, 0.5) is 0 Å². The second kappa shape index (κ2) is 10.8. The lowest BCUT2D eigenvalue weighted by atomic mass is 10.1. The van der Waals surface area contributed by atoms with E-state index in [4.69, 9.17) is 38.5 Å². The first kappa shape index (κ1) is 27.9. The number of carbonyl (C=O) groups is 1. The van der Waals surface area contributed by atoms with Gasteiger partial charge in [0.05, 0.1) is 38.2 Å². The van der Waals surface area contributed by atoms with Gasteiger partial charge in [-0.3, -0.25) is 4.79 Å². The number of rotatable bonds is 7. The zero-order valence-electron chi connectivity index (χ0n) is 24.9. The van der Waals surface area contributed by atoms with Gasteiger partial charge in [-0.05, 0) is 32.1 Å². The average Bonchev–Trinajstić information content (AvgIpc) is 3.94. The van der Waals surface area contributed by atoms with Crippen molar-refractivity contribution in [3.63, 3.8) is 0 Å². The molecule has 12 heteroatoms. The summed E-state index contributed by atoms with van der Waals surface area (Å²) in [5.74, 6) is 0.374. The number of benzene rings is 2. The van der Waals surface area contributed by atoms with E-state index in [9.17, 15) is 4.79 Å². The van der Waals surface area contributed by atoms with Gasteiger partial charge < -0.3 is 4.90 Å². The molecule has 2 aromatic carbocycles. The maximum absolute atomic E-state index is 13.2. The van der Waals surface area contributed by atoms with Gasteiger partial charge in [-0.25, -0.2) is 9.36 Å². The molecule has 2 unspecified atom stereocenters. The molecule has 0 radical (unpaired) electrons. The predicted octanol–water partition coefficient (Wildman–Crippen LogP) is 6.84. The minimum atomic E-state index is -0.0202.